The zero-order chi connectivity index (χ0) is 20.6. The third kappa shape index (κ3) is 5.23. The van der Waals surface area contributed by atoms with Gasteiger partial charge in [0.05, 0.1) is 6.54 Å². The van der Waals surface area contributed by atoms with E-state index in [0.717, 1.165) is 5.56 Å². The zero-order valence-corrected chi connectivity index (χ0v) is 15.9. The molecule has 0 spiro atoms. The fraction of sp³-hybridized carbons (Fsp3) is 0.136. The number of aromatic nitrogens is 2. The lowest BCUT2D eigenvalue weighted by molar-refractivity contribution is -0.115. The van der Waals surface area contributed by atoms with Gasteiger partial charge >= 0.3 is 6.03 Å². The number of urea groups is 1. The number of rotatable bonds is 6. The van der Waals surface area contributed by atoms with E-state index in [0.29, 0.717) is 17.1 Å². The van der Waals surface area contributed by atoms with Crippen LogP contribution in [0.2, 0.25) is 0 Å². The van der Waals surface area contributed by atoms with Gasteiger partial charge < -0.3 is 20.5 Å². The normalized spacial score (nSPS) is 11.2. The van der Waals surface area contributed by atoms with E-state index in [9.17, 15) is 9.59 Å². The van der Waals surface area contributed by atoms with Crippen molar-refractivity contribution in [2.75, 3.05) is 11.9 Å². The van der Waals surface area contributed by atoms with Crippen molar-refractivity contribution < 1.29 is 9.59 Å². The van der Waals surface area contributed by atoms with Gasteiger partial charge in [-0.2, -0.15) is 0 Å². The first-order valence-corrected chi connectivity index (χ1v) is 9.00. The lowest BCUT2D eigenvalue weighted by atomic mass is 10.1. The fourth-order valence-electron chi connectivity index (χ4n) is 2.83. The van der Waals surface area contributed by atoms with Gasteiger partial charge in [-0.3, -0.25) is 4.79 Å². The first-order chi connectivity index (χ1) is 14.1. The van der Waals surface area contributed by atoms with Crippen LogP contribution in [0.15, 0.2) is 67.0 Å². The average Bonchev–Trinajstić information content (AvgIpc) is 3.17. The maximum atomic E-state index is 12.4. The fourth-order valence-corrected chi connectivity index (χ4v) is 2.83. The molecule has 0 saturated carbocycles. The van der Waals surface area contributed by atoms with Crippen LogP contribution in [-0.4, -0.2) is 28.0 Å². The third-order valence-corrected chi connectivity index (χ3v) is 4.25. The quantitative estimate of drug-likeness (QED) is 0.568. The smallest absolute Gasteiger partial charge is 0.316 e. The van der Waals surface area contributed by atoms with E-state index >= 15 is 0 Å². The predicted molar refractivity (Wildman–Crippen MR) is 111 cm³/mol. The van der Waals surface area contributed by atoms with Gasteiger partial charge in [0.25, 0.3) is 0 Å². The number of aryl methyl sites for hydroxylation is 1. The van der Waals surface area contributed by atoms with E-state index in [2.05, 4.69) is 26.9 Å². The van der Waals surface area contributed by atoms with Crippen molar-refractivity contribution in [1.82, 2.24) is 20.2 Å². The third-order valence-electron chi connectivity index (χ3n) is 4.25. The van der Waals surface area contributed by atoms with Gasteiger partial charge in [0.1, 0.15) is 11.9 Å². The second-order valence-corrected chi connectivity index (χ2v) is 6.34. The van der Waals surface area contributed by atoms with Crippen LogP contribution in [0.3, 0.4) is 0 Å². The molecule has 1 unspecified atom stereocenters. The number of amides is 3. The zero-order valence-electron chi connectivity index (χ0n) is 15.9. The standard InChI is InChI=1S/C22H21N5O2/c1-3-16-8-7-11-18(14-16)25-19(28)15-24-22(29)26-20(17-9-5-4-6-10-17)21-23-12-13-27(21)2/h1,4-14,20H,15H2,2H3,(H,25,28)(H2,24,26,29). The molecule has 0 saturated heterocycles. The van der Waals surface area contributed by atoms with E-state index < -0.39 is 12.1 Å². The van der Waals surface area contributed by atoms with Crippen LogP contribution >= 0.6 is 0 Å². The van der Waals surface area contributed by atoms with Gasteiger partial charge in [0.2, 0.25) is 5.91 Å². The Bertz CT molecular complexity index is 1040. The minimum absolute atomic E-state index is 0.186. The summed E-state index contributed by atoms with van der Waals surface area (Å²) in [6, 6.07) is 15.5. The number of anilines is 1. The van der Waals surface area contributed by atoms with Gasteiger partial charge in [-0.05, 0) is 23.8 Å². The number of nitrogens with zero attached hydrogens (tertiary/aromatic N) is 2. The molecule has 0 aliphatic carbocycles. The Kier molecular flexibility index (Phi) is 6.28. The van der Waals surface area contributed by atoms with Crippen LogP contribution in [0, 0.1) is 12.3 Å². The Labute approximate surface area is 169 Å². The van der Waals surface area contributed by atoms with Crippen molar-refractivity contribution >= 4 is 17.6 Å². The molecule has 3 aromatic rings. The topological polar surface area (TPSA) is 88.1 Å². The highest BCUT2D eigenvalue weighted by Gasteiger charge is 2.20. The van der Waals surface area contributed by atoms with E-state index in [4.69, 9.17) is 6.42 Å². The van der Waals surface area contributed by atoms with Gasteiger partial charge in [0, 0.05) is 30.7 Å². The molecule has 1 heterocycles. The van der Waals surface area contributed by atoms with Crippen molar-refractivity contribution in [3.63, 3.8) is 0 Å². The molecule has 7 nitrogen and oxygen atoms in total. The largest absolute Gasteiger partial charge is 0.336 e. The van der Waals surface area contributed by atoms with Crippen molar-refractivity contribution in [2.24, 2.45) is 7.05 Å². The molecule has 0 fully saturated rings. The molecule has 0 aliphatic rings. The lowest BCUT2D eigenvalue weighted by Crippen LogP contribution is -2.42. The Hall–Kier alpha value is -4.05. The average molecular weight is 387 g/mol. The molecule has 0 bridgehead atoms. The van der Waals surface area contributed by atoms with Crippen LogP contribution in [0.4, 0.5) is 10.5 Å². The monoisotopic (exact) mass is 387 g/mol. The maximum absolute atomic E-state index is 12.4. The number of carbonyl (C=O) groups excluding carboxylic acids is 2. The summed E-state index contributed by atoms with van der Waals surface area (Å²) in [5.41, 5.74) is 2.12. The summed E-state index contributed by atoms with van der Waals surface area (Å²) in [6.45, 7) is -0.186. The molecular formula is C22H21N5O2. The van der Waals surface area contributed by atoms with Crippen LogP contribution < -0.4 is 16.0 Å². The second kappa shape index (κ2) is 9.24. The van der Waals surface area contributed by atoms with Crippen molar-refractivity contribution in [2.45, 2.75) is 6.04 Å². The number of terminal acetylenes is 1. The van der Waals surface area contributed by atoms with Crippen LogP contribution in [0.25, 0.3) is 0 Å². The molecule has 146 valence electrons. The first-order valence-electron chi connectivity index (χ1n) is 9.00. The molecule has 3 rings (SSSR count). The number of hydrogen-bond donors (Lipinski definition) is 3. The van der Waals surface area contributed by atoms with E-state index in [1.807, 2.05) is 48.1 Å². The summed E-state index contributed by atoms with van der Waals surface area (Å²) < 4.78 is 1.84. The Morgan fingerprint density at radius 2 is 1.97 bits per heavy atom. The SMILES string of the molecule is C#Cc1cccc(NC(=O)CNC(=O)NC(c2ccccc2)c2nccn2C)c1. The molecule has 3 N–H and O–H groups in total. The van der Waals surface area contributed by atoms with Gasteiger partial charge in [0.15, 0.2) is 0 Å². The van der Waals surface area contributed by atoms with Gasteiger partial charge in [-0.15, -0.1) is 6.42 Å². The van der Waals surface area contributed by atoms with E-state index in [-0.39, 0.29) is 12.5 Å². The van der Waals surface area contributed by atoms with Gasteiger partial charge in [-0.25, -0.2) is 9.78 Å². The predicted octanol–water partition coefficient (Wildman–Crippen LogP) is 2.43. The van der Waals surface area contributed by atoms with Gasteiger partial charge in [-0.1, -0.05) is 42.3 Å². The van der Waals surface area contributed by atoms with Crippen LogP contribution in [-0.2, 0) is 11.8 Å². The first kappa shape index (κ1) is 19.7. The van der Waals surface area contributed by atoms with Crippen molar-refractivity contribution in [3.05, 3.63) is 83.9 Å². The molecule has 7 heteroatoms. The minimum Gasteiger partial charge on any atom is -0.336 e. The lowest BCUT2D eigenvalue weighted by Gasteiger charge is -2.19. The maximum Gasteiger partial charge on any atom is 0.316 e. The Morgan fingerprint density at radius 1 is 1.17 bits per heavy atom. The molecule has 29 heavy (non-hydrogen) atoms. The highest BCUT2D eigenvalue weighted by atomic mass is 16.2. The summed E-state index contributed by atoms with van der Waals surface area (Å²) in [5.74, 6) is 2.83. The summed E-state index contributed by atoms with van der Waals surface area (Å²) in [5, 5.41) is 8.15. The summed E-state index contributed by atoms with van der Waals surface area (Å²) in [7, 11) is 1.86. The molecular weight excluding hydrogens is 366 g/mol. The minimum atomic E-state index is -0.477. The molecule has 1 atom stereocenters. The van der Waals surface area contributed by atoms with Crippen LogP contribution in [0.1, 0.15) is 23.0 Å². The highest BCUT2D eigenvalue weighted by Crippen LogP contribution is 2.19. The number of nitrogens with one attached hydrogen (secondary N) is 3. The molecule has 0 aliphatic heterocycles. The Balaban J connectivity index is 1.61. The Morgan fingerprint density at radius 3 is 2.66 bits per heavy atom. The number of benzene rings is 2. The molecule has 0 radical (unpaired) electrons. The summed E-state index contributed by atoms with van der Waals surface area (Å²) >= 11 is 0. The molecule has 2 aromatic carbocycles. The second-order valence-electron chi connectivity index (χ2n) is 6.34. The van der Waals surface area contributed by atoms with Crippen LogP contribution in [0.5, 0.6) is 0 Å². The van der Waals surface area contributed by atoms with E-state index in [1.165, 1.54) is 0 Å². The number of imidazole rings is 1. The molecule has 1 aromatic heterocycles. The molecule has 3 amide bonds. The van der Waals surface area contributed by atoms with E-state index in [1.54, 1.807) is 30.5 Å². The van der Waals surface area contributed by atoms with Crippen molar-refractivity contribution in [1.29, 1.82) is 0 Å². The highest BCUT2D eigenvalue weighted by molar-refractivity contribution is 5.94. The summed E-state index contributed by atoms with van der Waals surface area (Å²) in [4.78, 5) is 28.9. The summed E-state index contributed by atoms with van der Waals surface area (Å²) in [6.07, 6.45) is 8.84. The number of carbonyl (C=O) groups is 2. The van der Waals surface area contributed by atoms with Crippen molar-refractivity contribution in [3.8, 4) is 12.3 Å². The number of hydrogen-bond acceptors (Lipinski definition) is 3.